The molecule has 2 nitrogen and oxygen atoms in total. The second kappa shape index (κ2) is 6.28. The minimum Gasteiger partial charge on any atom is -0.323 e. The summed E-state index contributed by atoms with van der Waals surface area (Å²) in [5.41, 5.74) is 9.43. The molecule has 0 fully saturated rings. The maximum absolute atomic E-state index is 6.63. The van der Waals surface area contributed by atoms with E-state index in [0.29, 0.717) is 23.9 Å². The lowest BCUT2D eigenvalue weighted by molar-refractivity contribution is 0.0984. The maximum atomic E-state index is 6.63. The molecule has 0 saturated carbocycles. The first-order valence-corrected chi connectivity index (χ1v) is 8.02. The second-order valence-corrected chi connectivity index (χ2v) is 7.04. The van der Waals surface area contributed by atoms with Gasteiger partial charge >= 0.3 is 0 Å². The molecule has 0 aliphatic heterocycles. The third kappa shape index (κ3) is 3.07. The van der Waals surface area contributed by atoms with E-state index in [1.807, 2.05) is 0 Å². The number of benzene rings is 1. The summed E-state index contributed by atoms with van der Waals surface area (Å²) in [5, 5.41) is 0. The Morgan fingerprint density at radius 1 is 1.15 bits per heavy atom. The Hall–Kier alpha value is -0.860. The lowest BCUT2D eigenvalue weighted by Gasteiger charge is -2.44. The highest BCUT2D eigenvalue weighted by Crippen LogP contribution is 2.39. The maximum Gasteiger partial charge on any atom is 0.0456 e. The van der Waals surface area contributed by atoms with Crippen molar-refractivity contribution < 1.29 is 0 Å². The first-order chi connectivity index (χ1) is 9.41. The fourth-order valence-electron chi connectivity index (χ4n) is 3.60. The van der Waals surface area contributed by atoms with Crippen molar-refractivity contribution in [3.8, 4) is 0 Å². The van der Waals surface area contributed by atoms with Gasteiger partial charge in [-0.3, -0.25) is 4.90 Å². The number of hydrogen-bond donors (Lipinski definition) is 1. The molecule has 0 saturated heterocycles. The van der Waals surface area contributed by atoms with Crippen molar-refractivity contribution in [3.63, 3.8) is 0 Å². The molecule has 0 bridgehead atoms. The zero-order valence-corrected chi connectivity index (χ0v) is 13.6. The molecule has 0 heterocycles. The predicted octanol–water partition coefficient (Wildman–Crippen LogP) is 3.93. The molecule has 1 aromatic carbocycles. The third-order valence-corrected chi connectivity index (χ3v) is 4.56. The number of hydrogen-bond acceptors (Lipinski definition) is 2. The SMILES string of the molecule is CC(C)CN(C(C)C)C1CC(C)c2ccccc2C1N. The highest BCUT2D eigenvalue weighted by atomic mass is 15.2. The fraction of sp³-hybridized carbons (Fsp3) is 0.667. The molecule has 112 valence electrons. The predicted molar refractivity (Wildman–Crippen MR) is 86.9 cm³/mol. The summed E-state index contributed by atoms with van der Waals surface area (Å²) in [5.74, 6) is 1.28. The van der Waals surface area contributed by atoms with Crippen molar-refractivity contribution in [3.05, 3.63) is 35.4 Å². The van der Waals surface area contributed by atoms with Gasteiger partial charge in [-0.1, -0.05) is 45.0 Å². The molecule has 2 rings (SSSR count). The normalized spacial score (nSPS) is 26.4. The van der Waals surface area contributed by atoms with Crippen molar-refractivity contribution >= 4 is 0 Å². The standard InChI is InChI=1S/C18H30N2/c1-12(2)11-20(13(3)4)17-10-14(5)15-8-6-7-9-16(15)18(17)19/h6-9,12-14,17-18H,10-11,19H2,1-5H3. The van der Waals surface area contributed by atoms with E-state index >= 15 is 0 Å². The van der Waals surface area contributed by atoms with Crippen LogP contribution in [0.4, 0.5) is 0 Å². The quantitative estimate of drug-likeness (QED) is 0.901. The van der Waals surface area contributed by atoms with Gasteiger partial charge in [-0.05, 0) is 43.2 Å². The average molecular weight is 274 g/mol. The largest absolute Gasteiger partial charge is 0.323 e. The smallest absolute Gasteiger partial charge is 0.0456 e. The Kier molecular flexibility index (Phi) is 4.87. The van der Waals surface area contributed by atoms with Crippen LogP contribution in [0.15, 0.2) is 24.3 Å². The van der Waals surface area contributed by atoms with E-state index in [1.165, 1.54) is 17.5 Å². The van der Waals surface area contributed by atoms with E-state index in [9.17, 15) is 0 Å². The zero-order valence-electron chi connectivity index (χ0n) is 13.6. The van der Waals surface area contributed by atoms with Crippen molar-refractivity contribution in [2.75, 3.05) is 6.54 Å². The topological polar surface area (TPSA) is 29.3 Å². The minimum atomic E-state index is 0.142. The van der Waals surface area contributed by atoms with Gasteiger partial charge in [-0.25, -0.2) is 0 Å². The Labute approximate surface area is 124 Å². The molecule has 0 amide bonds. The summed E-state index contributed by atoms with van der Waals surface area (Å²) in [7, 11) is 0. The lowest BCUT2D eigenvalue weighted by Crippen LogP contribution is -2.50. The van der Waals surface area contributed by atoms with Gasteiger partial charge < -0.3 is 5.73 Å². The summed E-state index contributed by atoms with van der Waals surface area (Å²) in [6.07, 6.45) is 1.17. The van der Waals surface area contributed by atoms with Crippen LogP contribution in [0.2, 0.25) is 0 Å². The van der Waals surface area contributed by atoms with Crippen LogP contribution in [0.25, 0.3) is 0 Å². The number of fused-ring (bicyclic) bond motifs is 1. The average Bonchev–Trinajstić information content (AvgIpc) is 2.40. The van der Waals surface area contributed by atoms with Crippen LogP contribution >= 0.6 is 0 Å². The molecular formula is C18H30N2. The third-order valence-electron chi connectivity index (χ3n) is 4.56. The van der Waals surface area contributed by atoms with Crippen LogP contribution in [0.5, 0.6) is 0 Å². The molecule has 1 aromatic rings. The van der Waals surface area contributed by atoms with Gasteiger partial charge in [0, 0.05) is 24.7 Å². The van der Waals surface area contributed by atoms with Crippen LogP contribution in [-0.4, -0.2) is 23.5 Å². The Balaban J connectivity index is 2.29. The Bertz CT molecular complexity index is 439. The molecule has 0 aromatic heterocycles. The highest BCUT2D eigenvalue weighted by molar-refractivity contribution is 5.36. The Morgan fingerprint density at radius 3 is 2.30 bits per heavy atom. The summed E-state index contributed by atoms with van der Waals surface area (Å²) in [6, 6.07) is 9.87. The van der Waals surface area contributed by atoms with Crippen LogP contribution < -0.4 is 5.73 Å². The number of nitrogens with zero attached hydrogens (tertiary/aromatic N) is 1. The zero-order chi connectivity index (χ0) is 14.9. The monoisotopic (exact) mass is 274 g/mol. The molecule has 2 N–H and O–H groups in total. The van der Waals surface area contributed by atoms with E-state index in [0.717, 1.165) is 6.54 Å². The lowest BCUT2D eigenvalue weighted by atomic mass is 9.77. The van der Waals surface area contributed by atoms with Crippen LogP contribution in [0, 0.1) is 5.92 Å². The van der Waals surface area contributed by atoms with Gasteiger partial charge in [-0.15, -0.1) is 0 Å². The highest BCUT2D eigenvalue weighted by Gasteiger charge is 2.35. The van der Waals surface area contributed by atoms with Crippen LogP contribution in [0.1, 0.15) is 64.1 Å². The number of rotatable bonds is 4. The van der Waals surface area contributed by atoms with Gasteiger partial charge in [0.1, 0.15) is 0 Å². The van der Waals surface area contributed by atoms with Crippen molar-refractivity contribution in [2.24, 2.45) is 11.7 Å². The molecule has 1 aliphatic rings. The summed E-state index contributed by atoms with van der Waals surface area (Å²) in [4.78, 5) is 2.61. The molecule has 20 heavy (non-hydrogen) atoms. The summed E-state index contributed by atoms with van der Waals surface area (Å²) < 4.78 is 0. The molecular weight excluding hydrogens is 244 g/mol. The van der Waals surface area contributed by atoms with Gasteiger partial charge in [0.15, 0.2) is 0 Å². The fourth-order valence-corrected chi connectivity index (χ4v) is 3.60. The van der Waals surface area contributed by atoms with E-state index in [1.54, 1.807) is 0 Å². The second-order valence-electron chi connectivity index (χ2n) is 7.04. The molecule has 2 heteroatoms. The molecule has 0 spiro atoms. The van der Waals surface area contributed by atoms with Gasteiger partial charge in [0.2, 0.25) is 0 Å². The minimum absolute atomic E-state index is 0.142. The van der Waals surface area contributed by atoms with Crippen LogP contribution in [0.3, 0.4) is 0 Å². The molecule has 0 radical (unpaired) electrons. The van der Waals surface area contributed by atoms with Crippen molar-refractivity contribution in [2.45, 2.75) is 65.1 Å². The van der Waals surface area contributed by atoms with E-state index < -0.39 is 0 Å². The van der Waals surface area contributed by atoms with E-state index in [4.69, 9.17) is 5.73 Å². The van der Waals surface area contributed by atoms with Crippen molar-refractivity contribution in [1.82, 2.24) is 4.90 Å². The van der Waals surface area contributed by atoms with Gasteiger partial charge in [0.25, 0.3) is 0 Å². The summed E-state index contributed by atoms with van der Waals surface area (Å²) in [6.45, 7) is 12.6. The number of nitrogens with two attached hydrogens (primary N) is 1. The summed E-state index contributed by atoms with van der Waals surface area (Å²) >= 11 is 0. The van der Waals surface area contributed by atoms with E-state index in [2.05, 4.69) is 63.8 Å². The van der Waals surface area contributed by atoms with E-state index in [-0.39, 0.29) is 6.04 Å². The molecule has 1 aliphatic carbocycles. The molecule has 3 atom stereocenters. The van der Waals surface area contributed by atoms with Crippen LogP contribution in [-0.2, 0) is 0 Å². The van der Waals surface area contributed by atoms with Gasteiger partial charge in [0.05, 0.1) is 0 Å². The Morgan fingerprint density at radius 2 is 1.75 bits per heavy atom. The first kappa shape index (κ1) is 15.5. The molecule has 3 unspecified atom stereocenters. The first-order valence-electron chi connectivity index (χ1n) is 8.02. The van der Waals surface area contributed by atoms with Gasteiger partial charge in [-0.2, -0.15) is 0 Å². The van der Waals surface area contributed by atoms with Crippen molar-refractivity contribution in [1.29, 1.82) is 0 Å².